The van der Waals surface area contributed by atoms with E-state index in [1.54, 1.807) is 6.07 Å². The molecule has 1 N–H and O–H groups in total. The number of carboxylic acids is 1. The van der Waals surface area contributed by atoms with Crippen LogP contribution in [0.15, 0.2) is 12.1 Å². The first-order valence-corrected chi connectivity index (χ1v) is 7.40. The van der Waals surface area contributed by atoms with E-state index in [9.17, 15) is 4.79 Å². The second kappa shape index (κ2) is 7.98. The van der Waals surface area contributed by atoms with Gasteiger partial charge in [0.15, 0.2) is 0 Å². The van der Waals surface area contributed by atoms with Crippen LogP contribution in [0, 0.1) is 13.8 Å². The van der Waals surface area contributed by atoms with Crippen LogP contribution >= 0.6 is 0 Å². The summed E-state index contributed by atoms with van der Waals surface area (Å²) in [6.07, 6.45) is 8.83. The summed E-state index contributed by atoms with van der Waals surface area (Å²) in [5.41, 5.74) is 3.80. The lowest BCUT2D eigenvalue weighted by Gasteiger charge is -2.11. The maximum atomic E-state index is 11.0. The third kappa shape index (κ3) is 4.70. The van der Waals surface area contributed by atoms with E-state index < -0.39 is 5.97 Å². The SMILES string of the molecule is CCCCCCCCc1ccc(C(=O)O)c(C)c1C. The van der Waals surface area contributed by atoms with Crippen LogP contribution in [0.5, 0.6) is 0 Å². The Hall–Kier alpha value is -1.31. The number of aromatic carboxylic acids is 1. The van der Waals surface area contributed by atoms with Crippen molar-refractivity contribution < 1.29 is 9.90 Å². The average molecular weight is 262 g/mol. The molecule has 1 rings (SSSR count). The molecule has 106 valence electrons. The van der Waals surface area contributed by atoms with Crippen LogP contribution in [0.4, 0.5) is 0 Å². The van der Waals surface area contributed by atoms with E-state index in [-0.39, 0.29) is 0 Å². The van der Waals surface area contributed by atoms with Crippen LogP contribution in [0.25, 0.3) is 0 Å². The van der Waals surface area contributed by atoms with E-state index in [0.717, 1.165) is 17.5 Å². The summed E-state index contributed by atoms with van der Waals surface area (Å²) < 4.78 is 0. The van der Waals surface area contributed by atoms with Crippen molar-refractivity contribution in [3.63, 3.8) is 0 Å². The smallest absolute Gasteiger partial charge is 0.335 e. The van der Waals surface area contributed by atoms with Crippen molar-refractivity contribution in [3.8, 4) is 0 Å². The zero-order valence-corrected chi connectivity index (χ0v) is 12.5. The van der Waals surface area contributed by atoms with Crippen LogP contribution in [-0.2, 0) is 6.42 Å². The molecule has 0 unspecified atom stereocenters. The van der Waals surface area contributed by atoms with Gasteiger partial charge in [-0.25, -0.2) is 4.79 Å². The highest BCUT2D eigenvalue weighted by Gasteiger charge is 2.11. The summed E-state index contributed by atoms with van der Waals surface area (Å²) in [7, 11) is 0. The second-order valence-corrected chi connectivity index (χ2v) is 5.35. The zero-order valence-electron chi connectivity index (χ0n) is 12.5. The summed E-state index contributed by atoms with van der Waals surface area (Å²) in [5, 5.41) is 9.08. The van der Waals surface area contributed by atoms with Crippen molar-refractivity contribution in [3.05, 3.63) is 34.4 Å². The second-order valence-electron chi connectivity index (χ2n) is 5.35. The number of hydrogen-bond donors (Lipinski definition) is 1. The maximum absolute atomic E-state index is 11.0. The predicted molar refractivity (Wildman–Crippen MR) is 80.0 cm³/mol. The summed E-state index contributed by atoms with van der Waals surface area (Å²) >= 11 is 0. The fourth-order valence-corrected chi connectivity index (χ4v) is 2.48. The van der Waals surface area contributed by atoms with E-state index >= 15 is 0 Å². The molecule has 0 heterocycles. The highest BCUT2D eigenvalue weighted by molar-refractivity contribution is 5.89. The number of rotatable bonds is 8. The van der Waals surface area contributed by atoms with Gasteiger partial charge in [-0.15, -0.1) is 0 Å². The number of unbranched alkanes of at least 4 members (excludes halogenated alkanes) is 5. The predicted octanol–water partition coefficient (Wildman–Crippen LogP) is 4.90. The van der Waals surface area contributed by atoms with E-state index in [4.69, 9.17) is 5.11 Å². The van der Waals surface area contributed by atoms with Gasteiger partial charge in [0.25, 0.3) is 0 Å². The van der Waals surface area contributed by atoms with Crippen molar-refractivity contribution in [1.82, 2.24) is 0 Å². The molecule has 0 amide bonds. The molecule has 2 heteroatoms. The Balaban J connectivity index is 2.51. The van der Waals surface area contributed by atoms with Gasteiger partial charge in [0.1, 0.15) is 0 Å². The Morgan fingerprint density at radius 1 is 1.00 bits per heavy atom. The Kier molecular flexibility index (Phi) is 6.61. The minimum absolute atomic E-state index is 0.434. The first-order valence-electron chi connectivity index (χ1n) is 7.40. The molecule has 0 radical (unpaired) electrons. The normalized spacial score (nSPS) is 10.7. The van der Waals surface area contributed by atoms with Crippen LogP contribution in [0.1, 0.15) is 72.5 Å². The molecule has 0 fully saturated rings. The fraction of sp³-hybridized carbons (Fsp3) is 0.588. The Bertz CT molecular complexity index is 422. The van der Waals surface area contributed by atoms with Crippen LogP contribution in [-0.4, -0.2) is 11.1 Å². The van der Waals surface area contributed by atoms with Crippen LogP contribution < -0.4 is 0 Å². The van der Waals surface area contributed by atoms with Crippen molar-refractivity contribution in [2.75, 3.05) is 0 Å². The summed E-state index contributed by atoms with van der Waals surface area (Å²) in [4.78, 5) is 11.0. The van der Waals surface area contributed by atoms with Gasteiger partial charge in [0, 0.05) is 0 Å². The maximum Gasteiger partial charge on any atom is 0.335 e. The lowest BCUT2D eigenvalue weighted by Crippen LogP contribution is -2.03. The lowest BCUT2D eigenvalue weighted by atomic mass is 9.94. The standard InChI is InChI=1S/C17H26O2/c1-4-5-6-7-8-9-10-15-11-12-16(17(18)19)14(3)13(15)2/h11-12H,4-10H2,1-3H3,(H,18,19). The highest BCUT2D eigenvalue weighted by atomic mass is 16.4. The average Bonchev–Trinajstić information content (AvgIpc) is 2.38. The van der Waals surface area contributed by atoms with E-state index in [1.807, 2.05) is 19.9 Å². The van der Waals surface area contributed by atoms with Crippen molar-refractivity contribution >= 4 is 5.97 Å². The Morgan fingerprint density at radius 3 is 2.26 bits per heavy atom. The molecule has 1 aromatic carbocycles. The van der Waals surface area contributed by atoms with E-state index in [0.29, 0.717) is 5.56 Å². The van der Waals surface area contributed by atoms with Crippen molar-refractivity contribution in [1.29, 1.82) is 0 Å². The van der Waals surface area contributed by atoms with Crippen molar-refractivity contribution in [2.45, 2.75) is 65.7 Å². The monoisotopic (exact) mass is 262 g/mol. The van der Waals surface area contributed by atoms with Gasteiger partial charge in [-0.2, -0.15) is 0 Å². The lowest BCUT2D eigenvalue weighted by molar-refractivity contribution is 0.0696. The topological polar surface area (TPSA) is 37.3 Å². The molecule has 0 aliphatic heterocycles. The summed E-state index contributed by atoms with van der Waals surface area (Å²) in [6, 6.07) is 3.73. The van der Waals surface area contributed by atoms with E-state index in [2.05, 4.69) is 6.92 Å². The highest BCUT2D eigenvalue weighted by Crippen LogP contribution is 2.20. The molecule has 0 saturated carbocycles. The van der Waals surface area contributed by atoms with Gasteiger partial charge in [-0.05, 0) is 49.4 Å². The minimum Gasteiger partial charge on any atom is -0.478 e. The van der Waals surface area contributed by atoms with Crippen LogP contribution in [0.2, 0.25) is 0 Å². The molecule has 0 saturated heterocycles. The summed E-state index contributed by atoms with van der Waals surface area (Å²) in [5.74, 6) is -0.827. The van der Waals surface area contributed by atoms with Gasteiger partial charge in [-0.1, -0.05) is 45.1 Å². The third-order valence-electron chi connectivity index (χ3n) is 3.93. The molecule has 1 aromatic rings. The van der Waals surface area contributed by atoms with Crippen LogP contribution in [0.3, 0.4) is 0 Å². The molecule has 0 bridgehead atoms. The molecule has 0 aliphatic rings. The van der Waals surface area contributed by atoms with Crippen molar-refractivity contribution in [2.24, 2.45) is 0 Å². The fourth-order valence-electron chi connectivity index (χ4n) is 2.48. The first kappa shape index (κ1) is 15.7. The Morgan fingerprint density at radius 2 is 1.63 bits per heavy atom. The van der Waals surface area contributed by atoms with Gasteiger partial charge >= 0.3 is 5.97 Å². The van der Waals surface area contributed by atoms with Gasteiger partial charge in [0.05, 0.1) is 5.56 Å². The van der Waals surface area contributed by atoms with Gasteiger partial charge in [-0.3, -0.25) is 0 Å². The van der Waals surface area contributed by atoms with Gasteiger partial charge in [0.2, 0.25) is 0 Å². The number of carboxylic acid groups (broad SMARTS) is 1. The number of benzene rings is 1. The Labute approximate surface area is 116 Å². The number of carbonyl (C=O) groups is 1. The third-order valence-corrected chi connectivity index (χ3v) is 3.93. The number of aryl methyl sites for hydroxylation is 1. The molecular weight excluding hydrogens is 236 g/mol. The molecular formula is C17H26O2. The summed E-state index contributed by atoms with van der Waals surface area (Å²) in [6.45, 7) is 6.17. The number of hydrogen-bond acceptors (Lipinski definition) is 1. The minimum atomic E-state index is -0.827. The quantitative estimate of drug-likeness (QED) is 0.676. The molecule has 2 nitrogen and oxygen atoms in total. The largest absolute Gasteiger partial charge is 0.478 e. The molecule has 0 spiro atoms. The molecule has 0 aromatic heterocycles. The van der Waals surface area contributed by atoms with E-state index in [1.165, 1.54) is 44.1 Å². The van der Waals surface area contributed by atoms with Gasteiger partial charge < -0.3 is 5.11 Å². The molecule has 0 aliphatic carbocycles. The molecule has 0 atom stereocenters. The first-order chi connectivity index (χ1) is 9.07. The molecule has 19 heavy (non-hydrogen) atoms. The zero-order chi connectivity index (χ0) is 14.3.